The maximum Gasteiger partial charge on any atom is 0.322 e. The number of benzene rings is 2. The van der Waals surface area contributed by atoms with E-state index in [0.717, 1.165) is 33.5 Å². The largest absolute Gasteiger partial charge is 0.345 e. The van der Waals surface area contributed by atoms with E-state index in [2.05, 4.69) is 44.9 Å². The first kappa shape index (κ1) is 19.8. The molecule has 2 aliphatic rings. The Balaban J connectivity index is 0.000000994. The zero-order valence-corrected chi connectivity index (χ0v) is 18.4. The molecule has 7 heteroatoms. The van der Waals surface area contributed by atoms with Crippen molar-refractivity contribution in [3.63, 3.8) is 0 Å². The van der Waals surface area contributed by atoms with E-state index in [9.17, 15) is 4.79 Å². The minimum Gasteiger partial charge on any atom is -0.345 e. The van der Waals surface area contributed by atoms with Gasteiger partial charge in [0, 0.05) is 29.1 Å². The molecule has 0 radical (unpaired) electrons. The van der Waals surface area contributed by atoms with Gasteiger partial charge in [0.25, 0.3) is 0 Å². The lowest BCUT2D eigenvalue weighted by Crippen LogP contribution is -2.29. The molecule has 6 nitrogen and oxygen atoms in total. The van der Waals surface area contributed by atoms with Gasteiger partial charge in [-0.05, 0) is 36.6 Å². The summed E-state index contributed by atoms with van der Waals surface area (Å²) in [5.41, 5.74) is 5.95. The monoisotopic (exact) mass is 431 g/mol. The summed E-state index contributed by atoms with van der Waals surface area (Å²) in [7, 11) is 0. The number of fused-ring (bicyclic) bond motifs is 1. The summed E-state index contributed by atoms with van der Waals surface area (Å²) >= 11 is 1.76. The zero-order valence-electron chi connectivity index (χ0n) is 17.6. The number of carbonyl (C=O) groups excluding carboxylic acids is 1. The molecule has 2 aromatic carbocycles. The van der Waals surface area contributed by atoms with Crippen molar-refractivity contribution in [1.82, 2.24) is 20.3 Å². The zero-order chi connectivity index (χ0) is 21.4. The quantitative estimate of drug-likeness (QED) is 0.425. The molecule has 1 atom stereocenters. The predicted molar refractivity (Wildman–Crippen MR) is 126 cm³/mol. The average Bonchev–Trinajstić information content (AvgIpc) is 3.20. The van der Waals surface area contributed by atoms with Gasteiger partial charge in [-0.15, -0.1) is 11.3 Å². The number of carbonyl (C=O) groups is 1. The number of aromatic nitrogens is 3. The Bertz CT molecular complexity index is 1210. The van der Waals surface area contributed by atoms with Crippen LogP contribution in [0.15, 0.2) is 54.2 Å². The van der Waals surface area contributed by atoms with Crippen LogP contribution in [0.3, 0.4) is 0 Å². The lowest BCUT2D eigenvalue weighted by Gasteiger charge is -2.23. The van der Waals surface area contributed by atoms with Crippen molar-refractivity contribution in [3.8, 4) is 11.3 Å². The normalized spacial score (nSPS) is 18.1. The van der Waals surface area contributed by atoms with E-state index in [4.69, 9.17) is 4.98 Å². The number of hydrogen-bond acceptors (Lipinski definition) is 4. The number of amides is 2. The van der Waals surface area contributed by atoms with Gasteiger partial charge in [-0.25, -0.2) is 14.8 Å². The first-order chi connectivity index (χ1) is 15.3. The second-order valence-corrected chi connectivity index (χ2v) is 8.53. The minimum atomic E-state index is -0.0773. The van der Waals surface area contributed by atoms with Crippen molar-refractivity contribution in [2.45, 2.75) is 38.6 Å². The van der Waals surface area contributed by atoms with E-state index in [-0.39, 0.29) is 12.1 Å². The van der Waals surface area contributed by atoms with Gasteiger partial charge in [0.15, 0.2) is 0 Å². The van der Waals surface area contributed by atoms with Gasteiger partial charge < -0.3 is 10.3 Å². The highest BCUT2D eigenvalue weighted by Gasteiger charge is 2.33. The molecule has 2 fully saturated rings. The number of hydrogen-bond donors (Lipinski definition) is 2. The standard InChI is InChI=1S/C22H19N5OS.C2H6/c28-22-23-10-20(27(22)16-7-8-17-18(9-16)25-12-24-17)14-3-1-13(2-4-14)19-11-29-21(26-19)15-5-6-15;1-2/h1-4,7-9,11-12,15,20H,5-6,10H2,(H,23,28)(H,24,25);1-2H3. The van der Waals surface area contributed by atoms with Crippen LogP contribution in [0, 0.1) is 0 Å². The van der Waals surface area contributed by atoms with Crippen molar-refractivity contribution in [1.29, 1.82) is 0 Å². The Morgan fingerprint density at radius 1 is 1.10 bits per heavy atom. The van der Waals surface area contributed by atoms with Crippen LogP contribution >= 0.6 is 11.3 Å². The van der Waals surface area contributed by atoms with Crippen molar-refractivity contribution >= 4 is 34.1 Å². The number of aromatic amines is 1. The van der Waals surface area contributed by atoms with Gasteiger partial charge in [0.1, 0.15) is 0 Å². The first-order valence-corrected chi connectivity index (χ1v) is 11.7. The summed E-state index contributed by atoms with van der Waals surface area (Å²) < 4.78 is 0. The van der Waals surface area contributed by atoms with Crippen LogP contribution < -0.4 is 10.2 Å². The van der Waals surface area contributed by atoms with E-state index in [1.54, 1.807) is 17.7 Å². The second kappa shape index (κ2) is 8.15. The lowest BCUT2D eigenvalue weighted by atomic mass is 10.0. The molecular weight excluding hydrogens is 406 g/mol. The summed E-state index contributed by atoms with van der Waals surface area (Å²) in [5, 5.41) is 6.39. The Labute approximate surface area is 185 Å². The molecular formula is C24H25N5OS. The van der Waals surface area contributed by atoms with Crippen LogP contribution in [0.4, 0.5) is 10.5 Å². The first-order valence-electron chi connectivity index (χ1n) is 10.8. The Hall–Kier alpha value is -3.19. The predicted octanol–water partition coefficient (Wildman–Crippen LogP) is 5.86. The summed E-state index contributed by atoms with van der Waals surface area (Å²) in [6.45, 7) is 4.59. The highest BCUT2D eigenvalue weighted by atomic mass is 32.1. The summed E-state index contributed by atoms with van der Waals surface area (Å²) in [6, 6.07) is 14.2. The molecule has 0 spiro atoms. The number of H-pyrrole nitrogens is 1. The van der Waals surface area contributed by atoms with Gasteiger partial charge in [0.05, 0.1) is 34.1 Å². The van der Waals surface area contributed by atoms with Crippen molar-refractivity contribution in [2.75, 3.05) is 11.4 Å². The van der Waals surface area contributed by atoms with Crippen molar-refractivity contribution in [2.24, 2.45) is 0 Å². The maximum atomic E-state index is 12.6. The van der Waals surface area contributed by atoms with Crippen molar-refractivity contribution < 1.29 is 4.79 Å². The molecule has 3 heterocycles. The van der Waals surface area contributed by atoms with Gasteiger partial charge in [-0.1, -0.05) is 38.1 Å². The fraction of sp³-hybridized carbons (Fsp3) is 0.292. The Morgan fingerprint density at radius 2 is 1.90 bits per heavy atom. The lowest BCUT2D eigenvalue weighted by molar-refractivity contribution is 0.251. The van der Waals surface area contributed by atoms with E-state index in [1.165, 1.54) is 17.8 Å². The van der Waals surface area contributed by atoms with E-state index in [0.29, 0.717) is 12.5 Å². The second-order valence-electron chi connectivity index (χ2n) is 7.64. The fourth-order valence-electron chi connectivity index (χ4n) is 3.95. The average molecular weight is 432 g/mol. The number of anilines is 1. The molecule has 6 rings (SSSR count). The molecule has 2 aromatic heterocycles. The minimum absolute atomic E-state index is 0.0469. The summed E-state index contributed by atoms with van der Waals surface area (Å²) in [5.74, 6) is 0.685. The maximum absolute atomic E-state index is 12.6. The molecule has 2 amide bonds. The highest BCUT2D eigenvalue weighted by molar-refractivity contribution is 7.10. The number of nitrogens with zero attached hydrogens (tertiary/aromatic N) is 3. The number of urea groups is 1. The van der Waals surface area contributed by atoms with Crippen LogP contribution in [-0.4, -0.2) is 27.5 Å². The molecule has 158 valence electrons. The smallest absolute Gasteiger partial charge is 0.322 e. The number of thiazole rings is 1. The van der Waals surface area contributed by atoms with Crippen LogP contribution in [0.2, 0.25) is 0 Å². The number of nitrogens with one attached hydrogen (secondary N) is 2. The third-order valence-corrected chi connectivity index (χ3v) is 6.71. The summed E-state index contributed by atoms with van der Waals surface area (Å²) in [4.78, 5) is 26.6. The number of rotatable bonds is 4. The third kappa shape index (κ3) is 3.70. The molecule has 2 N–H and O–H groups in total. The van der Waals surface area contributed by atoms with Crippen LogP contribution in [0.25, 0.3) is 22.3 Å². The molecule has 0 bridgehead atoms. The van der Waals surface area contributed by atoms with E-state index >= 15 is 0 Å². The number of imidazole rings is 1. The molecule has 1 unspecified atom stereocenters. The van der Waals surface area contributed by atoms with Crippen LogP contribution in [0.5, 0.6) is 0 Å². The van der Waals surface area contributed by atoms with Crippen LogP contribution in [-0.2, 0) is 0 Å². The molecule has 1 aliphatic carbocycles. The fourth-order valence-corrected chi connectivity index (χ4v) is 4.95. The SMILES string of the molecule is CC.O=C1NCC(c2ccc(-c3csc(C4CC4)n3)cc2)N1c1ccc2nc[nH]c2c1. The van der Waals surface area contributed by atoms with E-state index < -0.39 is 0 Å². The van der Waals surface area contributed by atoms with Gasteiger partial charge in [0.2, 0.25) is 0 Å². The third-order valence-electron chi connectivity index (χ3n) is 5.70. The molecule has 1 saturated heterocycles. The summed E-state index contributed by atoms with van der Waals surface area (Å²) in [6.07, 6.45) is 4.21. The molecule has 1 saturated carbocycles. The topological polar surface area (TPSA) is 73.9 Å². The Morgan fingerprint density at radius 3 is 2.68 bits per heavy atom. The molecule has 4 aromatic rings. The molecule has 1 aliphatic heterocycles. The van der Waals surface area contributed by atoms with Gasteiger partial charge in [-0.2, -0.15) is 0 Å². The van der Waals surface area contributed by atoms with Gasteiger partial charge in [-0.3, -0.25) is 4.90 Å². The van der Waals surface area contributed by atoms with Crippen LogP contribution in [0.1, 0.15) is 49.2 Å². The Kier molecular flexibility index (Phi) is 5.19. The highest BCUT2D eigenvalue weighted by Crippen LogP contribution is 2.42. The van der Waals surface area contributed by atoms with Crippen molar-refractivity contribution in [3.05, 3.63) is 64.7 Å². The molecule has 31 heavy (non-hydrogen) atoms. The van der Waals surface area contributed by atoms with Gasteiger partial charge >= 0.3 is 6.03 Å². The van der Waals surface area contributed by atoms with E-state index in [1.807, 2.05) is 36.9 Å².